The van der Waals surface area contributed by atoms with E-state index in [9.17, 15) is 4.79 Å². The van der Waals surface area contributed by atoms with Gasteiger partial charge in [-0.3, -0.25) is 4.79 Å². The molecule has 0 aliphatic rings. The number of thiazole rings is 1. The highest BCUT2D eigenvalue weighted by Crippen LogP contribution is 2.07. The summed E-state index contributed by atoms with van der Waals surface area (Å²) in [6, 6.07) is -0.0114. The minimum atomic E-state index is -0.190. The van der Waals surface area contributed by atoms with Gasteiger partial charge in [-0.2, -0.15) is 0 Å². The molecule has 1 aromatic rings. The lowest BCUT2D eigenvalue weighted by molar-refractivity contribution is -0.123. The molecule has 0 saturated carbocycles. The Morgan fingerprint density at radius 1 is 1.50 bits per heavy atom. The van der Waals surface area contributed by atoms with Crippen molar-refractivity contribution >= 4 is 17.2 Å². The predicted molar refractivity (Wildman–Crippen MR) is 66.4 cm³/mol. The zero-order chi connectivity index (χ0) is 12.1. The third kappa shape index (κ3) is 4.28. The van der Waals surface area contributed by atoms with Gasteiger partial charge >= 0.3 is 0 Å². The fourth-order valence-electron chi connectivity index (χ4n) is 1.25. The van der Waals surface area contributed by atoms with Crippen LogP contribution in [0, 0.1) is 6.92 Å². The molecule has 0 saturated heterocycles. The van der Waals surface area contributed by atoms with Crippen LogP contribution in [-0.2, 0) is 11.3 Å². The van der Waals surface area contributed by atoms with Crippen molar-refractivity contribution in [2.24, 2.45) is 0 Å². The maximum absolute atomic E-state index is 11.6. The largest absolute Gasteiger partial charge is 0.353 e. The maximum atomic E-state index is 11.6. The van der Waals surface area contributed by atoms with Crippen LogP contribution in [0.4, 0.5) is 0 Å². The van der Waals surface area contributed by atoms with Gasteiger partial charge in [-0.15, -0.1) is 11.3 Å². The second-order valence-electron chi connectivity index (χ2n) is 4.12. The summed E-state index contributed by atoms with van der Waals surface area (Å²) in [5.41, 5.74) is 0.992. The Labute approximate surface area is 100 Å². The lowest BCUT2D eigenvalue weighted by atomic mass is 10.2. The first kappa shape index (κ1) is 13.1. The number of carbonyl (C=O) groups is 1. The van der Waals surface area contributed by atoms with Crippen LogP contribution in [-0.4, -0.2) is 23.0 Å². The maximum Gasteiger partial charge on any atom is 0.237 e. The van der Waals surface area contributed by atoms with Crippen LogP contribution in [0.5, 0.6) is 0 Å². The van der Waals surface area contributed by atoms with Gasteiger partial charge in [0.15, 0.2) is 0 Å². The van der Waals surface area contributed by atoms with Gasteiger partial charge in [0.2, 0.25) is 5.91 Å². The lowest BCUT2D eigenvalue weighted by Gasteiger charge is -2.15. The van der Waals surface area contributed by atoms with E-state index in [0.717, 1.165) is 10.7 Å². The molecule has 1 heterocycles. The van der Waals surface area contributed by atoms with Crippen molar-refractivity contribution in [1.29, 1.82) is 0 Å². The van der Waals surface area contributed by atoms with Crippen molar-refractivity contribution in [3.63, 3.8) is 0 Å². The van der Waals surface area contributed by atoms with E-state index < -0.39 is 0 Å². The molecule has 90 valence electrons. The van der Waals surface area contributed by atoms with E-state index >= 15 is 0 Å². The number of nitrogens with one attached hydrogen (secondary N) is 2. The summed E-state index contributed by atoms with van der Waals surface area (Å²) in [4.78, 5) is 15.9. The van der Waals surface area contributed by atoms with Gasteiger partial charge in [-0.05, 0) is 27.7 Å². The van der Waals surface area contributed by atoms with Crippen molar-refractivity contribution in [2.75, 3.05) is 0 Å². The van der Waals surface area contributed by atoms with E-state index in [4.69, 9.17) is 0 Å². The Morgan fingerprint density at radius 2 is 2.19 bits per heavy atom. The van der Waals surface area contributed by atoms with E-state index in [1.807, 2.05) is 33.1 Å². The number of carbonyl (C=O) groups excluding carboxylic acids is 1. The normalized spacial score (nSPS) is 12.8. The second kappa shape index (κ2) is 5.96. The Kier molecular flexibility index (Phi) is 4.89. The average molecular weight is 241 g/mol. The Balaban J connectivity index is 2.34. The summed E-state index contributed by atoms with van der Waals surface area (Å²) in [6.07, 6.45) is 0. The molecule has 1 rings (SSSR count). The molecular weight excluding hydrogens is 222 g/mol. The highest BCUT2D eigenvalue weighted by molar-refractivity contribution is 7.09. The van der Waals surface area contributed by atoms with Crippen molar-refractivity contribution in [3.8, 4) is 0 Å². The van der Waals surface area contributed by atoms with Crippen molar-refractivity contribution < 1.29 is 4.79 Å². The highest BCUT2D eigenvalue weighted by atomic mass is 32.1. The first-order chi connectivity index (χ1) is 7.49. The summed E-state index contributed by atoms with van der Waals surface area (Å²) < 4.78 is 0. The third-order valence-electron chi connectivity index (χ3n) is 2.08. The van der Waals surface area contributed by atoms with E-state index in [1.165, 1.54) is 0 Å². The number of nitrogens with zero attached hydrogens (tertiary/aromatic N) is 1. The first-order valence-corrected chi connectivity index (χ1v) is 6.31. The predicted octanol–water partition coefficient (Wildman–Crippen LogP) is 1.45. The molecular formula is C11H19N3OS. The van der Waals surface area contributed by atoms with Gasteiger partial charge in [0.1, 0.15) is 0 Å². The molecule has 0 aromatic carbocycles. The minimum Gasteiger partial charge on any atom is -0.353 e. The summed E-state index contributed by atoms with van der Waals surface area (Å²) in [5.74, 6) is 0.0296. The zero-order valence-electron chi connectivity index (χ0n) is 10.2. The van der Waals surface area contributed by atoms with Crippen LogP contribution in [0.2, 0.25) is 0 Å². The van der Waals surface area contributed by atoms with E-state index in [2.05, 4.69) is 15.6 Å². The van der Waals surface area contributed by atoms with Crippen molar-refractivity contribution in [1.82, 2.24) is 15.6 Å². The minimum absolute atomic E-state index is 0.0296. The van der Waals surface area contributed by atoms with Gasteiger partial charge in [0.05, 0.1) is 16.7 Å². The molecule has 1 unspecified atom stereocenters. The van der Waals surface area contributed by atoms with Crippen LogP contribution < -0.4 is 10.6 Å². The number of aromatic nitrogens is 1. The van der Waals surface area contributed by atoms with Crippen LogP contribution in [0.25, 0.3) is 0 Å². The Bertz CT molecular complexity index is 349. The number of hydrogen-bond donors (Lipinski definition) is 2. The monoisotopic (exact) mass is 241 g/mol. The summed E-state index contributed by atoms with van der Waals surface area (Å²) in [6.45, 7) is 8.37. The quantitative estimate of drug-likeness (QED) is 0.820. The van der Waals surface area contributed by atoms with Crippen LogP contribution in [0.15, 0.2) is 5.38 Å². The van der Waals surface area contributed by atoms with Gasteiger partial charge in [-0.1, -0.05) is 0 Å². The standard InChI is InChI=1S/C11H19N3OS/c1-7(2)13-11(15)8(3)12-5-10-6-16-9(4)14-10/h6-8,12H,5H2,1-4H3,(H,13,15). The van der Waals surface area contributed by atoms with E-state index in [0.29, 0.717) is 6.54 Å². The fourth-order valence-corrected chi connectivity index (χ4v) is 1.86. The number of hydrogen-bond acceptors (Lipinski definition) is 4. The molecule has 0 spiro atoms. The lowest BCUT2D eigenvalue weighted by Crippen LogP contribution is -2.44. The number of amides is 1. The Hall–Kier alpha value is -0.940. The molecule has 0 aliphatic heterocycles. The molecule has 2 N–H and O–H groups in total. The summed E-state index contributed by atoms with van der Waals surface area (Å²) in [7, 11) is 0. The van der Waals surface area contributed by atoms with Crippen LogP contribution in [0.3, 0.4) is 0 Å². The fraction of sp³-hybridized carbons (Fsp3) is 0.636. The van der Waals surface area contributed by atoms with Gasteiger partial charge < -0.3 is 10.6 Å². The summed E-state index contributed by atoms with van der Waals surface area (Å²) >= 11 is 1.62. The summed E-state index contributed by atoms with van der Waals surface area (Å²) in [5, 5.41) is 9.08. The average Bonchev–Trinajstić information content (AvgIpc) is 2.59. The van der Waals surface area contributed by atoms with Crippen LogP contribution in [0.1, 0.15) is 31.5 Å². The molecule has 0 fully saturated rings. The molecule has 16 heavy (non-hydrogen) atoms. The van der Waals surface area contributed by atoms with Crippen molar-refractivity contribution in [2.45, 2.75) is 46.3 Å². The first-order valence-electron chi connectivity index (χ1n) is 5.44. The van der Waals surface area contributed by atoms with E-state index in [-0.39, 0.29) is 18.0 Å². The van der Waals surface area contributed by atoms with Crippen molar-refractivity contribution in [3.05, 3.63) is 16.1 Å². The smallest absolute Gasteiger partial charge is 0.237 e. The zero-order valence-corrected chi connectivity index (χ0v) is 11.0. The van der Waals surface area contributed by atoms with Gasteiger partial charge in [-0.25, -0.2) is 4.98 Å². The van der Waals surface area contributed by atoms with E-state index in [1.54, 1.807) is 11.3 Å². The van der Waals surface area contributed by atoms with Gasteiger partial charge in [0.25, 0.3) is 0 Å². The topological polar surface area (TPSA) is 54.0 Å². The molecule has 4 nitrogen and oxygen atoms in total. The number of aryl methyl sites for hydroxylation is 1. The van der Waals surface area contributed by atoms with Crippen LogP contribution >= 0.6 is 11.3 Å². The SMILES string of the molecule is Cc1nc(CNC(C)C(=O)NC(C)C)cs1. The molecule has 1 aromatic heterocycles. The van der Waals surface area contributed by atoms with Gasteiger partial charge in [0, 0.05) is 18.0 Å². The third-order valence-corrected chi connectivity index (χ3v) is 2.90. The molecule has 5 heteroatoms. The Morgan fingerprint density at radius 3 is 2.69 bits per heavy atom. The molecule has 0 bridgehead atoms. The molecule has 1 amide bonds. The highest BCUT2D eigenvalue weighted by Gasteiger charge is 2.12. The molecule has 0 radical (unpaired) electrons. The molecule has 1 atom stereocenters. The molecule has 0 aliphatic carbocycles. The second-order valence-corrected chi connectivity index (χ2v) is 5.19. The number of rotatable bonds is 5.